The summed E-state index contributed by atoms with van der Waals surface area (Å²) >= 11 is 0. The molecule has 1 aliphatic heterocycles. The van der Waals surface area contributed by atoms with Crippen molar-refractivity contribution in [2.24, 2.45) is 17.3 Å². The lowest BCUT2D eigenvalue weighted by Gasteiger charge is -2.27. The SMILES string of the molecule is C=CCN1CC#CCN(N)C(=O)N[C@H](Cc2c[nH]c3ccccc23)C(=O)N[C@@H](C)C(=O)N[C@H](C(=O)N[C@H](Cc2ccccc2)C(=O)N[C@@H](CCCCN)C(N)=O)CCCC1. The number of nitrogens with one attached hydrogen (secondary N) is 6. The quantitative estimate of drug-likeness (QED) is 0.0339. The number of urea groups is 1. The molecule has 0 radical (unpaired) electrons. The summed E-state index contributed by atoms with van der Waals surface area (Å²) in [5, 5.41) is 15.4. The van der Waals surface area contributed by atoms with Gasteiger partial charge in [-0.1, -0.05) is 66.4 Å². The van der Waals surface area contributed by atoms with Crippen molar-refractivity contribution >= 4 is 46.5 Å². The van der Waals surface area contributed by atoms with Crippen molar-refractivity contribution in [3.63, 3.8) is 0 Å². The maximum atomic E-state index is 14.2. The zero-order chi connectivity index (χ0) is 43.4. The number of hydrogen-bond acceptors (Lipinski definition) is 9. The maximum absolute atomic E-state index is 14.2. The third-order valence-electron chi connectivity index (χ3n) is 10.2. The van der Waals surface area contributed by atoms with E-state index in [2.05, 4.69) is 50.0 Å². The molecule has 1 aromatic heterocycles. The number of nitrogens with zero attached hydrogens (tertiary/aromatic N) is 2. The highest BCUT2D eigenvalue weighted by molar-refractivity contribution is 5.96. The minimum Gasteiger partial charge on any atom is -0.368 e. The fraction of sp³-hybridized carbons (Fsp3) is 0.442. The Bertz CT molecular complexity index is 1990. The molecule has 3 aromatic rings. The number of H-pyrrole nitrogens is 1. The first-order valence-corrected chi connectivity index (χ1v) is 20.3. The zero-order valence-electron chi connectivity index (χ0n) is 34.2. The first-order chi connectivity index (χ1) is 28.9. The van der Waals surface area contributed by atoms with Crippen molar-refractivity contribution in [1.29, 1.82) is 0 Å². The molecule has 0 aliphatic carbocycles. The molecule has 2 aromatic carbocycles. The Morgan fingerprint density at radius 1 is 0.933 bits per heavy atom. The Morgan fingerprint density at radius 3 is 2.40 bits per heavy atom. The number of fused-ring (bicyclic) bond motifs is 1. The number of nitrogens with two attached hydrogens (primary N) is 3. The molecular formula is C43H59N11O6. The molecule has 12 N–H and O–H groups in total. The monoisotopic (exact) mass is 825 g/mol. The van der Waals surface area contributed by atoms with Gasteiger partial charge in [-0.15, -0.1) is 6.58 Å². The van der Waals surface area contributed by atoms with Gasteiger partial charge >= 0.3 is 6.03 Å². The van der Waals surface area contributed by atoms with Crippen LogP contribution in [0.25, 0.3) is 10.9 Å². The summed E-state index contributed by atoms with van der Waals surface area (Å²) in [6.45, 7) is 7.06. The molecule has 7 amide bonds. The highest BCUT2D eigenvalue weighted by Crippen LogP contribution is 2.19. The largest absolute Gasteiger partial charge is 0.368 e. The minimum absolute atomic E-state index is 0.0610. The molecule has 322 valence electrons. The Balaban J connectivity index is 1.60. The Kier molecular flexibility index (Phi) is 18.6. The van der Waals surface area contributed by atoms with Crippen LogP contribution in [0.2, 0.25) is 0 Å². The molecule has 17 heteroatoms. The molecule has 0 fully saturated rings. The molecule has 4 rings (SSSR count). The van der Waals surface area contributed by atoms with Gasteiger partial charge in [0.2, 0.25) is 29.5 Å². The number of hydrogen-bond donors (Lipinski definition) is 9. The van der Waals surface area contributed by atoms with E-state index in [1.54, 1.807) is 24.4 Å². The van der Waals surface area contributed by atoms with Crippen LogP contribution in [-0.2, 0) is 36.8 Å². The number of benzene rings is 2. The summed E-state index contributed by atoms with van der Waals surface area (Å²) in [6, 6.07) is 10.2. The smallest absolute Gasteiger partial charge is 0.333 e. The molecule has 0 saturated heterocycles. The number of unbranched alkanes of at least 4 members (excludes halogenated alkanes) is 1. The van der Waals surface area contributed by atoms with Crippen LogP contribution < -0.4 is 43.9 Å². The summed E-state index contributed by atoms with van der Waals surface area (Å²) in [6.07, 6.45) is 6.40. The number of rotatable bonds is 15. The Labute approximate surface area is 350 Å². The second kappa shape index (κ2) is 24.0. The average Bonchev–Trinajstić information content (AvgIpc) is 3.64. The summed E-state index contributed by atoms with van der Waals surface area (Å²) in [7, 11) is 0. The van der Waals surface area contributed by atoms with E-state index in [1.807, 2.05) is 47.4 Å². The molecule has 0 saturated carbocycles. The fourth-order valence-electron chi connectivity index (χ4n) is 6.77. The van der Waals surface area contributed by atoms with Crippen LogP contribution in [0.3, 0.4) is 0 Å². The van der Waals surface area contributed by atoms with Crippen molar-refractivity contribution in [2.75, 3.05) is 32.7 Å². The standard InChI is InChI=1S/C43H59N11O6/c1-3-22-53-23-12-10-20-35(40(57)51-36(26-30-15-5-4-6-16-30)42(59)49-34(38(45)55)19-9-11-21-44)50-39(56)29(2)48-41(58)37(52-43(60)54(46)25-14-13-24-53)27-31-28-47-33-18-8-7-17-32(31)33/h3-8,15-18,28-29,34-37,47H,1,9-12,19-27,44,46H2,2H3,(H2,45,55)(H,48,58)(H,49,59)(H,50,56)(H,51,57)(H,52,60)/t29-,34-,35-,36+,37+/m0/s1. The predicted molar refractivity (Wildman–Crippen MR) is 229 cm³/mol. The van der Waals surface area contributed by atoms with E-state index < -0.39 is 65.8 Å². The fourth-order valence-corrected chi connectivity index (χ4v) is 6.77. The molecule has 60 heavy (non-hydrogen) atoms. The van der Waals surface area contributed by atoms with Crippen molar-refractivity contribution in [1.82, 2.24) is 41.5 Å². The highest BCUT2D eigenvalue weighted by Gasteiger charge is 2.32. The van der Waals surface area contributed by atoms with Gasteiger partial charge in [0.05, 0.1) is 13.1 Å². The van der Waals surface area contributed by atoms with Gasteiger partial charge in [0, 0.05) is 36.5 Å². The van der Waals surface area contributed by atoms with Crippen LogP contribution in [-0.4, -0.2) is 113 Å². The number of aromatic amines is 1. The second-order valence-electron chi connectivity index (χ2n) is 14.9. The first kappa shape index (κ1) is 46.5. The topological polar surface area (TPSA) is 263 Å². The predicted octanol–water partition coefficient (Wildman–Crippen LogP) is 0.456. The molecule has 5 atom stereocenters. The van der Waals surface area contributed by atoms with Gasteiger partial charge in [-0.2, -0.15) is 0 Å². The Hall–Kier alpha value is -6.22. The number of hydrazine groups is 1. The molecule has 0 spiro atoms. The average molecular weight is 826 g/mol. The van der Waals surface area contributed by atoms with E-state index >= 15 is 0 Å². The number of carbonyl (C=O) groups excluding carboxylic acids is 6. The summed E-state index contributed by atoms with van der Waals surface area (Å²) in [5.41, 5.74) is 13.6. The number of aromatic nitrogens is 1. The molecule has 0 bridgehead atoms. The van der Waals surface area contributed by atoms with E-state index in [1.165, 1.54) is 6.92 Å². The van der Waals surface area contributed by atoms with Crippen molar-refractivity contribution < 1.29 is 28.8 Å². The normalized spacial score (nSPS) is 19.8. The Morgan fingerprint density at radius 2 is 1.67 bits per heavy atom. The van der Waals surface area contributed by atoms with E-state index in [0.717, 1.165) is 27.0 Å². The molecular weight excluding hydrogens is 767 g/mol. The highest BCUT2D eigenvalue weighted by atomic mass is 16.2. The number of primary amides is 1. The molecule has 2 heterocycles. The molecule has 0 unspecified atom stereocenters. The zero-order valence-corrected chi connectivity index (χ0v) is 34.2. The third kappa shape index (κ3) is 14.6. The van der Waals surface area contributed by atoms with Crippen LogP contribution in [0, 0.1) is 11.8 Å². The van der Waals surface area contributed by atoms with E-state index in [4.69, 9.17) is 17.3 Å². The molecule has 17 nitrogen and oxygen atoms in total. The summed E-state index contributed by atoms with van der Waals surface area (Å²) in [5.74, 6) is 8.71. The van der Waals surface area contributed by atoms with Gasteiger partial charge < -0.3 is 43.0 Å². The summed E-state index contributed by atoms with van der Waals surface area (Å²) in [4.78, 5) is 86.4. The first-order valence-electron chi connectivity index (χ1n) is 20.3. The van der Waals surface area contributed by atoms with Gasteiger partial charge in [0.15, 0.2) is 0 Å². The van der Waals surface area contributed by atoms with Gasteiger partial charge in [-0.3, -0.25) is 33.9 Å². The second-order valence-corrected chi connectivity index (χ2v) is 14.9. The number of carbonyl (C=O) groups is 6. The maximum Gasteiger partial charge on any atom is 0.333 e. The van der Waals surface area contributed by atoms with Gasteiger partial charge in [-0.25, -0.2) is 10.6 Å². The van der Waals surface area contributed by atoms with Crippen LogP contribution in [0.5, 0.6) is 0 Å². The lowest BCUT2D eigenvalue weighted by molar-refractivity contribution is -0.134. The van der Waals surface area contributed by atoms with E-state index in [0.29, 0.717) is 51.9 Å². The van der Waals surface area contributed by atoms with Crippen molar-refractivity contribution in [3.05, 3.63) is 84.6 Å². The van der Waals surface area contributed by atoms with E-state index in [-0.39, 0.29) is 32.2 Å². The van der Waals surface area contributed by atoms with Crippen LogP contribution in [0.1, 0.15) is 56.6 Å². The van der Waals surface area contributed by atoms with Crippen LogP contribution >= 0.6 is 0 Å². The van der Waals surface area contributed by atoms with Gasteiger partial charge in [0.1, 0.15) is 30.2 Å². The molecule has 1 aliphatic rings. The van der Waals surface area contributed by atoms with Crippen molar-refractivity contribution in [3.8, 4) is 11.8 Å². The van der Waals surface area contributed by atoms with Gasteiger partial charge in [0.25, 0.3) is 0 Å². The van der Waals surface area contributed by atoms with E-state index in [9.17, 15) is 28.8 Å². The van der Waals surface area contributed by atoms with Gasteiger partial charge in [-0.05, 0) is 75.7 Å². The summed E-state index contributed by atoms with van der Waals surface area (Å²) < 4.78 is 0. The van der Waals surface area contributed by atoms with Crippen LogP contribution in [0.4, 0.5) is 4.79 Å². The van der Waals surface area contributed by atoms with Crippen LogP contribution in [0.15, 0.2) is 73.4 Å². The number of amides is 7. The minimum atomic E-state index is -1.16. The number of para-hydroxylation sites is 1. The van der Waals surface area contributed by atoms with Crippen molar-refractivity contribution in [2.45, 2.75) is 88.5 Å². The lowest BCUT2D eigenvalue weighted by Crippen LogP contribution is -2.59. The third-order valence-corrected chi connectivity index (χ3v) is 10.2. The lowest BCUT2D eigenvalue weighted by atomic mass is 10.0.